The highest BCUT2D eigenvalue weighted by molar-refractivity contribution is 5.91. The summed E-state index contributed by atoms with van der Waals surface area (Å²) >= 11 is 0. The second kappa shape index (κ2) is 9.13. The standard InChI is InChI=1S/C16H24N2O3/c1-12-9-10-14(13(2)11-12)17-15(19)7-5-3-4-6-8-16(20)18-21/h9-11,21H,3-8H2,1-2H3,(H,17,19)(H,18,20). The minimum atomic E-state index is -0.359. The summed E-state index contributed by atoms with van der Waals surface area (Å²) in [5, 5.41) is 11.3. The lowest BCUT2D eigenvalue weighted by Crippen LogP contribution is -2.17. The van der Waals surface area contributed by atoms with Gasteiger partial charge in [-0.25, -0.2) is 5.48 Å². The Hall–Kier alpha value is -1.88. The summed E-state index contributed by atoms with van der Waals surface area (Å²) in [5.74, 6) is -0.336. The Balaban J connectivity index is 2.18. The smallest absolute Gasteiger partial charge is 0.243 e. The predicted octanol–water partition coefficient (Wildman–Crippen LogP) is 3.09. The van der Waals surface area contributed by atoms with Gasteiger partial charge in [0.15, 0.2) is 0 Å². The third-order valence-electron chi connectivity index (χ3n) is 3.34. The van der Waals surface area contributed by atoms with Gasteiger partial charge in [0, 0.05) is 18.5 Å². The maximum atomic E-state index is 11.8. The molecule has 0 radical (unpaired) electrons. The van der Waals surface area contributed by atoms with Crippen LogP contribution in [0.25, 0.3) is 0 Å². The molecule has 0 fully saturated rings. The first-order chi connectivity index (χ1) is 10.0. The molecular formula is C16H24N2O3. The molecule has 0 heterocycles. The molecule has 1 aromatic rings. The van der Waals surface area contributed by atoms with Gasteiger partial charge in [-0.3, -0.25) is 14.8 Å². The lowest BCUT2D eigenvalue weighted by molar-refractivity contribution is -0.129. The van der Waals surface area contributed by atoms with Gasteiger partial charge < -0.3 is 5.32 Å². The van der Waals surface area contributed by atoms with Crippen LogP contribution in [0.2, 0.25) is 0 Å². The number of carbonyl (C=O) groups excluding carboxylic acids is 2. The van der Waals surface area contributed by atoms with Gasteiger partial charge >= 0.3 is 0 Å². The molecule has 0 unspecified atom stereocenters. The SMILES string of the molecule is Cc1ccc(NC(=O)CCCCCCC(=O)NO)c(C)c1. The van der Waals surface area contributed by atoms with Crippen molar-refractivity contribution in [1.29, 1.82) is 0 Å². The number of hydrogen-bond acceptors (Lipinski definition) is 3. The highest BCUT2D eigenvalue weighted by Crippen LogP contribution is 2.16. The van der Waals surface area contributed by atoms with Crippen LogP contribution < -0.4 is 10.8 Å². The minimum Gasteiger partial charge on any atom is -0.326 e. The molecule has 3 N–H and O–H groups in total. The van der Waals surface area contributed by atoms with Crippen molar-refractivity contribution in [2.75, 3.05) is 5.32 Å². The van der Waals surface area contributed by atoms with Crippen molar-refractivity contribution in [3.05, 3.63) is 29.3 Å². The first-order valence-electron chi connectivity index (χ1n) is 7.33. The van der Waals surface area contributed by atoms with Crippen molar-refractivity contribution in [2.24, 2.45) is 0 Å². The van der Waals surface area contributed by atoms with Gasteiger partial charge in [-0.1, -0.05) is 30.5 Å². The van der Waals surface area contributed by atoms with E-state index in [0.717, 1.165) is 36.9 Å². The maximum absolute atomic E-state index is 11.8. The highest BCUT2D eigenvalue weighted by Gasteiger charge is 2.05. The van der Waals surface area contributed by atoms with Crippen LogP contribution in [-0.4, -0.2) is 17.0 Å². The third-order valence-corrected chi connectivity index (χ3v) is 3.34. The number of benzene rings is 1. The van der Waals surface area contributed by atoms with Gasteiger partial charge in [-0.05, 0) is 38.3 Å². The van der Waals surface area contributed by atoms with Gasteiger partial charge in [0.1, 0.15) is 0 Å². The van der Waals surface area contributed by atoms with Crippen LogP contribution in [0.3, 0.4) is 0 Å². The van der Waals surface area contributed by atoms with Crippen molar-refractivity contribution in [1.82, 2.24) is 5.48 Å². The molecule has 21 heavy (non-hydrogen) atoms. The zero-order valence-corrected chi connectivity index (χ0v) is 12.7. The van der Waals surface area contributed by atoms with E-state index in [4.69, 9.17) is 5.21 Å². The molecule has 0 saturated carbocycles. The molecule has 5 nitrogen and oxygen atoms in total. The van der Waals surface area contributed by atoms with Crippen molar-refractivity contribution < 1.29 is 14.8 Å². The number of amides is 2. The van der Waals surface area contributed by atoms with E-state index >= 15 is 0 Å². The van der Waals surface area contributed by atoms with Gasteiger partial charge in [-0.15, -0.1) is 0 Å². The predicted molar refractivity (Wildman–Crippen MR) is 82.2 cm³/mol. The lowest BCUT2D eigenvalue weighted by Gasteiger charge is -2.09. The molecule has 0 aliphatic rings. The van der Waals surface area contributed by atoms with Crippen LogP contribution in [0.1, 0.15) is 49.7 Å². The van der Waals surface area contributed by atoms with Crippen molar-refractivity contribution in [2.45, 2.75) is 52.4 Å². The van der Waals surface area contributed by atoms with Crippen LogP contribution in [0, 0.1) is 13.8 Å². The van der Waals surface area contributed by atoms with Gasteiger partial charge in [0.05, 0.1) is 0 Å². The fraction of sp³-hybridized carbons (Fsp3) is 0.500. The Kier molecular flexibility index (Phi) is 7.46. The maximum Gasteiger partial charge on any atom is 0.243 e. The summed E-state index contributed by atoms with van der Waals surface area (Å²) in [6.45, 7) is 4.00. The number of carbonyl (C=O) groups is 2. The zero-order valence-electron chi connectivity index (χ0n) is 12.7. The van der Waals surface area contributed by atoms with E-state index < -0.39 is 0 Å². The van der Waals surface area contributed by atoms with Crippen LogP contribution in [0.5, 0.6) is 0 Å². The first-order valence-corrected chi connectivity index (χ1v) is 7.33. The van der Waals surface area contributed by atoms with E-state index in [1.165, 1.54) is 5.56 Å². The van der Waals surface area contributed by atoms with E-state index in [9.17, 15) is 9.59 Å². The molecule has 0 bridgehead atoms. The summed E-state index contributed by atoms with van der Waals surface area (Å²) in [4.78, 5) is 22.6. The van der Waals surface area contributed by atoms with E-state index in [1.807, 2.05) is 32.0 Å². The second-order valence-electron chi connectivity index (χ2n) is 5.32. The Morgan fingerprint density at radius 3 is 2.19 bits per heavy atom. The Bertz CT molecular complexity index is 486. The van der Waals surface area contributed by atoms with Gasteiger partial charge in [-0.2, -0.15) is 0 Å². The number of hydrogen-bond donors (Lipinski definition) is 3. The summed E-state index contributed by atoms with van der Waals surface area (Å²) in [6.07, 6.45) is 4.12. The summed E-state index contributed by atoms with van der Waals surface area (Å²) < 4.78 is 0. The zero-order chi connectivity index (χ0) is 15.7. The molecule has 0 saturated heterocycles. The molecule has 0 aliphatic carbocycles. The average Bonchev–Trinajstić information content (AvgIpc) is 2.45. The molecule has 0 spiro atoms. The Morgan fingerprint density at radius 2 is 1.62 bits per heavy atom. The molecule has 2 amide bonds. The van der Waals surface area contributed by atoms with Crippen LogP contribution in [0.4, 0.5) is 5.69 Å². The topological polar surface area (TPSA) is 78.4 Å². The van der Waals surface area contributed by atoms with E-state index in [1.54, 1.807) is 5.48 Å². The molecule has 0 atom stereocenters. The largest absolute Gasteiger partial charge is 0.326 e. The van der Waals surface area contributed by atoms with E-state index in [2.05, 4.69) is 5.32 Å². The molecule has 5 heteroatoms. The number of rotatable bonds is 8. The van der Waals surface area contributed by atoms with Crippen LogP contribution in [0.15, 0.2) is 18.2 Å². The minimum absolute atomic E-state index is 0.0232. The van der Waals surface area contributed by atoms with Crippen molar-refractivity contribution in [3.63, 3.8) is 0 Å². The molecule has 0 aliphatic heterocycles. The molecule has 116 valence electrons. The highest BCUT2D eigenvalue weighted by atomic mass is 16.5. The fourth-order valence-corrected chi connectivity index (χ4v) is 2.15. The fourth-order valence-electron chi connectivity index (χ4n) is 2.15. The first kappa shape index (κ1) is 17.2. The lowest BCUT2D eigenvalue weighted by atomic mass is 10.1. The Labute approximate surface area is 125 Å². The summed E-state index contributed by atoms with van der Waals surface area (Å²) in [7, 11) is 0. The van der Waals surface area contributed by atoms with Gasteiger partial charge in [0.2, 0.25) is 11.8 Å². The van der Waals surface area contributed by atoms with Crippen LogP contribution >= 0.6 is 0 Å². The molecule has 0 aromatic heterocycles. The van der Waals surface area contributed by atoms with E-state index in [-0.39, 0.29) is 11.8 Å². The van der Waals surface area contributed by atoms with E-state index in [0.29, 0.717) is 12.8 Å². The monoisotopic (exact) mass is 292 g/mol. The van der Waals surface area contributed by atoms with Crippen molar-refractivity contribution >= 4 is 17.5 Å². The number of hydroxylamine groups is 1. The molecule has 1 aromatic carbocycles. The average molecular weight is 292 g/mol. The Morgan fingerprint density at radius 1 is 1.00 bits per heavy atom. The molecule has 1 rings (SSSR count). The number of aryl methyl sites for hydroxylation is 2. The number of unbranched alkanes of at least 4 members (excludes halogenated alkanes) is 3. The van der Waals surface area contributed by atoms with Crippen LogP contribution in [-0.2, 0) is 9.59 Å². The van der Waals surface area contributed by atoms with Gasteiger partial charge in [0.25, 0.3) is 0 Å². The second-order valence-corrected chi connectivity index (χ2v) is 5.32. The number of nitrogens with one attached hydrogen (secondary N) is 2. The van der Waals surface area contributed by atoms with Crippen molar-refractivity contribution in [3.8, 4) is 0 Å². The summed E-state index contributed by atoms with van der Waals surface area (Å²) in [5.41, 5.74) is 4.72. The third kappa shape index (κ3) is 6.90. The molecular weight excluding hydrogens is 268 g/mol. The normalized spacial score (nSPS) is 10.2. The summed E-state index contributed by atoms with van der Waals surface area (Å²) in [6, 6.07) is 5.95. The quantitative estimate of drug-likeness (QED) is 0.391. The number of anilines is 1.